The number of hydrogen-bond donors (Lipinski definition) is 0. The maximum absolute atomic E-state index is 14.0. The third-order valence-electron chi connectivity index (χ3n) is 2.91. The molecule has 0 N–H and O–H groups in total. The molecule has 3 rings (SSSR count). The standard InChI is InChI=1S/C14H7ClF3N3/c15-14-20-19-13(8-4-2-1-3-5-8)21(14)10-7-6-9(16)11(17)12(10)18/h1-7H. The van der Waals surface area contributed by atoms with Crippen LogP contribution in [0.3, 0.4) is 0 Å². The molecule has 0 saturated carbocycles. The maximum Gasteiger partial charge on any atom is 0.230 e. The molecule has 0 fully saturated rings. The summed E-state index contributed by atoms with van der Waals surface area (Å²) in [4.78, 5) is 0. The molecule has 0 aliphatic carbocycles. The second-order valence-electron chi connectivity index (χ2n) is 4.19. The summed E-state index contributed by atoms with van der Waals surface area (Å²) in [6.07, 6.45) is 0. The van der Waals surface area contributed by atoms with Crippen LogP contribution >= 0.6 is 11.6 Å². The van der Waals surface area contributed by atoms with Crippen molar-refractivity contribution in [1.29, 1.82) is 0 Å². The van der Waals surface area contributed by atoms with E-state index >= 15 is 0 Å². The molecule has 0 spiro atoms. The monoisotopic (exact) mass is 309 g/mol. The van der Waals surface area contributed by atoms with Crippen LogP contribution in [0.5, 0.6) is 0 Å². The Hall–Kier alpha value is -2.34. The van der Waals surface area contributed by atoms with Crippen LogP contribution in [-0.4, -0.2) is 14.8 Å². The highest BCUT2D eigenvalue weighted by atomic mass is 35.5. The van der Waals surface area contributed by atoms with E-state index in [4.69, 9.17) is 11.6 Å². The second kappa shape index (κ2) is 5.21. The summed E-state index contributed by atoms with van der Waals surface area (Å²) < 4.78 is 41.5. The molecule has 0 aliphatic heterocycles. The lowest BCUT2D eigenvalue weighted by Gasteiger charge is -2.09. The normalized spacial score (nSPS) is 10.9. The van der Waals surface area contributed by atoms with Gasteiger partial charge in [-0.25, -0.2) is 13.2 Å². The van der Waals surface area contributed by atoms with Gasteiger partial charge < -0.3 is 0 Å². The minimum atomic E-state index is -1.57. The third-order valence-corrected chi connectivity index (χ3v) is 3.16. The van der Waals surface area contributed by atoms with Crippen molar-refractivity contribution in [2.24, 2.45) is 0 Å². The topological polar surface area (TPSA) is 30.7 Å². The maximum atomic E-state index is 14.0. The zero-order chi connectivity index (χ0) is 15.0. The zero-order valence-corrected chi connectivity index (χ0v) is 11.2. The Morgan fingerprint density at radius 3 is 2.29 bits per heavy atom. The first-order valence-electron chi connectivity index (χ1n) is 5.90. The van der Waals surface area contributed by atoms with E-state index in [1.54, 1.807) is 30.3 Å². The minimum Gasteiger partial charge on any atom is -0.263 e. The van der Waals surface area contributed by atoms with Crippen LogP contribution in [-0.2, 0) is 0 Å². The van der Waals surface area contributed by atoms with Gasteiger partial charge in [0.15, 0.2) is 23.3 Å². The Kier molecular flexibility index (Phi) is 3.39. The molecular formula is C14H7ClF3N3. The van der Waals surface area contributed by atoms with Gasteiger partial charge in [-0.3, -0.25) is 4.57 Å². The first kappa shape index (κ1) is 13.6. The van der Waals surface area contributed by atoms with Crippen LogP contribution in [0.1, 0.15) is 0 Å². The fourth-order valence-corrected chi connectivity index (χ4v) is 2.15. The summed E-state index contributed by atoms with van der Waals surface area (Å²) in [5.41, 5.74) is 0.351. The van der Waals surface area contributed by atoms with E-state index in [0.717, 1.165) is 16.7 Å². The number of rotatable bonds is 2. The van der Waals surface area contributed by atoms with Crippen molar-refractivity contribution < 1.29 is 13.2 Å². The molecular weight excluding hydrogens is 303 g/mol. The van der Waals surface area contributed by atoms with Crippen LogP contribution in [0, 0.1) is 17.5 Å². The van der Waals surface area contributed by atoms with Crippen LogP contribution in [0.4, 0.5) is 13.2 Å². The van der Waals surface area contributed by atoms with Crippen LogP contribution in [0.2, 0.25) is 5.28 Å². The van der Waals surface area contributed by atoms with E-state index in [9.17, 15) is 13.2 Å². The van der Waals surface area contributed by atoms with E-state index in [-0.39, 0.29) is 16.8 Å². The molecule has 106 valence electrons. The Balaban J connectivity index is 2.25. The molecule has 7 heteroatoms. The molecule has 1 aromatic heterocycles. The molecule has 0 aliphatic rings. The lowest BCUT2D eigenvalue weighted by Crippen LogP contribution is -2.04. The van der Waals surface area contributed by atoms with Gasteiger partial charge >= 0.3 is 0 Å². The minimum absolute atomic E-state index is 0.154. The molecule has 0 radical (unpaired) electrons. The summed E-state index contributed by atoms with van der Waals surface area (Å²) in [5, 5.41) is 7.36. The Morgan fingerprint density at radius 2 is 1.57 bits per heavy atom. The smallest absolute Gasteiger partial charge is 0.230 e. The Bertz CT molecular complexity index is 803. The number of aromatic nitrogens is 3. The number of hydrogen-bond acceptors (Lipinski definition) is 2. The fraction of sp³-hybridized carbons (Fsp3) is 0. The highest BCUT2D eigenvalue weighted by molar-refractivity contribution is 6.28. The van der Waals surface area contributed by atoms with Gasteiger partial charge in [-0.1, -0.05) is 30.3 Å². The first-order chi connectivity index (χ1) is 10.1. The van der Waals surface area contributed by atoms with Crippen molar-refractivity contribution in [2.75, 3.05) is 0 Å². The van der Waals surface area contributed by atoms with Crippen molar-refractivity contribution in [3.05, 3.63) is 65.2 Å². The Labute approximate surface area is 122 Å². The van der Waals surface area contributed by atoms with Crippen LogP contribution in [0.25, 0.3) is 17.1 Å². The second-order valence-corrected chi connectivity index (χ2v) is 4.53. The van der Waals surface area contributed by atoms with E-state index < -0.39 is 17.5 Å². The highest BCUT2D eigenvalue weighted by Gasteiger charge is 2.20. The predicted molar refractivity (Wildman–Crippen MR) is 71.7 cm³/mol. The molecule has 0 unspecified atom stereocenters. The van der Waals surface area contributed by atoms with Crippen LogP contribution < -0.4 is 0 Å². The van der Waals surface area contributed by atoms with Gasteiger partial charge in [0.2, 0.25) is 5.28 Å². The molecule has 2 aromatic carbocycles. The van der Waals surface area contributed by atoms with Gasteiger partial charge in [0.1, 0.15) is 0 Å². The van der Waals surface area contributed by atoms with Crippen molar-refractivity contribution in [2.45, 2.75) is 0 Å². The first-order valence-corrected chi connectivity index (χ1v) is 6.27. The summed E-state index contributed by atoms with van der Waals surface area (Å²) in [6, 6.07) is 10.6. The van der Waals surface area contributed by atoms with Gasteiger partial charge in [0, 0.05) is 5.56 Å². The summed E-state index contributed by atoms with van der Waals surface area (Å²) in [7, 11) is 0. The molecule has 0 atom stereocenters. The summed E-state index contributed by atoms with van der Waals surface area (Å²) in [6.45, 7) is 0. The molecule has 0 saturated heterocycles. The lowest BCUT2D eigenvalue weighted by atomic mass is 10.2. The predicted octanol–water partition coefficient (Wildman–Crippen LogP) is 4.01. The zero-order valence-electron chi connectivity index (χ0n) is 10.4. The number of halogens is 4. The van der Waals surface area contributed by atoms with Gasteiger partial charge in [-0.05, 0) is 23.7 Å². The lowest BCUT2D eigenvalue weighted by molar-refractivity contribution is 0.445. The quantitative estimate of drug-likeness (QED) is 0.670. The largest absolute Gasteiger partial charge is 0.263 e. The van der Waals surface area contributed by atoms with E-state index in [2.05, 4.69) is 10.2 Å². The fourth-order valence-electron chi connectivity index (χ4n) is 1.94. The van der Waals surface area contributed by atoms with E-state index in [1.165, 1.54) is 0 Å². The number of nitrogens with zero attached hydrogens (tertiary/aromatic N) is 3. The van der Waals surface area contributed by atoms with Crippen molar-refractivity contribution >= 4 is 11.6 Å². The van der Waals surface area contributed by atoms with E-state index in [0.29, 0.717) is 5.56 Å². The van der Waals surface area contributed by atoms with Gasteiger partial charge in [0.25, 0.3) is 0 Å². The van der Waals surface area contributed by atoms with Gasteiger partial charge in [-0.15, -0.1) is 10.2 Å². The SMILES string of the molecule is Fc1ccc(-n2c(Cl)nnc2-c2ccccc2)c(F)c1F. The third kappa shape index (κ3) is 2.27. The average molecular weight is 310 g/mol. The van der Waals surface area contributed by atoms with Gasteiger partial charge in [-0.2, -0.15) is 0 Å². The molecule has 3 nitrogen and oxygen atoms in total. The molecule has 0 bridgehead atoms. The highest BCUT2D eigenvalue weighted by Crippen LogP contribution is 2.28. The van der Waals surface area contributed by atoms with Gasteiger partial charge in [0.05, 0.1) is 5.69 Å². The summed E-state index contributed by atoms with van der Waals surface area (Å²) >= 11 is 5.90. The average Bonchev–Trinajstić information content (AvgIpc) is 2.88. The van der Waals surface area contributed by atoms with Crippen molar-refractivity contribution in [3.63, 3.8) is 0 Å². The Morgan fingerprint density at radius 1 is 0.857 bits per heavy atom. The van der Waals surface area contributed by atoms with Crippen LogP contribution in [0.15, 0.2) is 42.5 Å². The van der Waals surface area contributed by atoms with Crippen molar-refractivity contribution in [3.8, 4) is 17.1 Å². The molecule has 1 heterocycles. The van der Waals surface area contributed by atoms with Crippen molar-refractivity contribution in [1.82, 2.24) is 14.8 Å². The molecule has 3 aromatic rings. The van der Waals surface area contributed by atoms with E-state index in [1.807, 2.05) is 0 Å². The number of benzene rings is 2. The molecule has 0 amide bonds. The summed E-state index contributed by atoms with van der Waals surface area (Å²) in [5.74, 6) is -3.97. The molecule has 21 heavy (non-hydrogen) atoms.